The molecule has 0 aromatic carbocycles. The van der Waals surface area contributed by atoms with E-state index in [0.717, 1.165) is 22.3 Å². The number of aliphatic imine (C=N–C) groups is 1. The van der Waals surface area contributed by atoms with Gasteiger partial charge in [-0.15, -0.1) is 35.3 Å². The van der Waals surface area contributed by atoms with Gasteiger partial charge in [-0.25, -0.2) is 17.7 Å². The summed E-state index contributed by atoms with van der Waals surface area (Å²) in [5.41, 5.74) is 0.926. The summed E-state index contributed by atoms with van der Waals surface area (Å²) in [6, 6.07) is 0. The minimum absolute atomic E-state index is 0. The molecule has 0 amide bonds. The summed E-state index contributed by atoms with van der Waals surface area (Å²) in [7, 11) is 2.38. The molecular weight excluding hydrogens is 507 g/mol. The Morgan fingerprint density at radius 3 is 2.62 bits per heavy atom. The van der Waals surface area contributed by atoms with Gasteiger partial charge >= 0.3 is 0 Å². The summed E-state index contributed by atoms with van der Waals surface area (Å²) in [6.45, 7) is 2.09. The predicted molar refractivity (Wildman–Crippen MR) is 123 cm³/mol. The number of anilines is 1. The van der Waals surface area contributed by atoms with Crippen LogP contribution in [0.25, 0.3) is 0 Å². The van der Waals surface area contributed by atoms with E-state index in [1.807, 2.05) is 24.4 Å². The van der Waals surface area contributed by atoms with Crippen molar-refractivity contribution in [2.45, 2.75) is 6.54 Å². The number of guanidine groups is 1. The molecule has 1 saturated heterocycles. The van der Waals surface area contributed by atoms with E-state index in [9.17, 15) is 8.42 Å². The van der Waals surface area contributed by atoms with Gasteiger partial charge in [-0.3, -0.25) is 4.99 Å². The molecule has 1 aromatic heterocycles. The number of hydrogen-bond acceptors (Lipinski definition) is 7. The fraction of sp³-hybridized carbons (Fsp3) is 0.714. The fourth-order valence-electron chi connectivity index (χ4n) is 2.23. The second-order valence-electron chi connectivity index (χ2n) is 5.70. The number of aromatic nitrogens is 1. The van der Waals surface area contributed by atoms with Gasteiger partial charge in [-0.1, -0.05) is 0 Å². The molecule has 2 N–H and O–H groups in total. The summed E-state index contributed by atoms with van der Waals surface area (Å²) < 4.78 is 26.2. The number of thioether (sulfide) groups is 1. The van der Waals surface area contributed by atoms with Gasteiger partial charge in [0.15, 0.2) is 11.1 Å². The minimum Gasteiger partial charge on any atom is -0.355 e. The van der Waals surface area contributed by atoms with E-state index in [0.29, 0.717) is 32.1 Å². The molecule has 2 heterocycles. The quantitative estimate of drug-likeness (QED) is 0.305. The number of halogens is 1. The van der Waals surface area contributed by atoms with Crippen LogP contribution in [0.5, 0.6) is 0 Å². The predicted octanol–water partition coefficient (Wildman–Crippen LogP) is 0.871. The van der Waals surface area contributed by atoms with E-state index in [1.54, 1.807) is 34.5 Å². The van der Waals surface area contributed by atoms with E-state index in [2.05, 4.69) is 20.6 Å². The van der Waals surface area contributed by atoms with Crippen molar-refractivity contribution in [1.29, 1.82) is 0 Å². The Balaban J connectivity index is 0.00000338. The highest BCUT2D eigenvalue weighted by molar-refractivity contribution is 14.0. The van der Waals surface area contributed by atoms with Crippen molar-refractivity contribution < 1.29 is 8.42 Å². The van der Waals surface area contributed by atoms with Crippen LogP contribution in [0, 0.1) is 0 Å². The summed E-state index contributed by atoms with van der Waals surface area (Å²) in [5.74, 6) is 2.39. The topological polar surface area (TPSA) is 89.9 Å². The molecule has 0 bridgehead atoms. The molecule has 26 heavy (non-hydrogen) atoms. The van der Waals surface area contributed by atoms with Crippen molar-refractivity contribution in [2.24, 2.45) is 4.99 Å². The Morgan fingerprint density at radius 2 is 2.04 bits per heavy atom. The highest BCUT2D eigenvalue weighted by Crippen LogP contribution is 2.17. The third-order valence-electron chi connectivity index (χ3n) is 3.60. The Kier molecular flexibility index (Phi) is 10.5. The average molecular weight is 535 g/mol. The molecule has 0 spiro atoms. The molecule has 0 radical (unpaired) electrons. The zero-order chi connectivity index (χ0) is 18.3. The first kappa shape index (κ1) is 23.7. The second kappa shape index (κ2) is 11.5. The minimum atomic E-state index is -3.20. The third kappa shape index (κ3) is 7.37. The van der Waals surface area contributed by atoms with E-state index in [1.165, 1.54) is 0 Å². The van der Waals surface area contributed by atoms with Crippen molar-refractivity contribution in [3.05, 3.63) is 11.1 Å². The summed E-state index contributed by atoms with van der Waals surface area (Å²) in [6.07, 6.45) is 0. The van der Waals surface area contributed by atoms with Gasteiger partial charge < -0.3 is 15.5 Å². The van der Waals surface area contributed by atoms with Crippen molar-refractivity contribution in [3.8, 4) is 0 Å². The van der Waals surface area contributed by atoms with Crippen LogP contribution in [0.4, 0.5) is 5.13 Å². The fourth-order valence-corrected chi connectivity index (χ4v) is 5.48. The summed E-state index contributed by atoms with van der Waals surface area (Å²) >= 11 is 3.38. The average Bonchev–Trinajstić information content (AvgIpc) is 3.08. The zero-order valence-electron chi connectivity index (χ0n) is 15.3. The van der Waals surface area contributed by atoms with Crippen LogP contribution in [-0.4, -0.2) is 81.7 Å². The maximum atomic E-state index is 12.3. The van der Waals surface area contributed by atoms with Gasteiger partial charge in [0.1, 0.15) is 0 Å². The van der Waals surface area contributed by atoms with Crippen molar-refractivity contribution in [2.75, 3.05) is 62.9 Å². The van der Waals surface area contributed by atoms with Crippen molar-refractivity contribution in [1.82, 2.24) is 19.9 Å². The summed E-state index contributed by atoms with van der Waals surface area (Å²) in [4.78, 5) is 10.6. The van der Waals surface area contributed by atoms with E-state index < -0.39 is 10.0 Å². The lowest BCUT2D eigenvalue weighted by atomic mass is 10.5. The molecule has 2 rings (SSSR count). The van der Waals surface area contributed by atoms with Gasteiger partial charge in [0.25, 0.3) is 0 Å². The van der Waals surface area contributed by atoms with Gasteiger partial charge in [-0.2, -0.15) is 11.8 Å². The third-order valence-corrected chi connectivity index (χ3v) is 7.47. The van der Waals surface area contributed by atoms with Crippen LogP contribution in [0.2, 0.25) is 0 Å². The first-order chi connectivity index (χ1) is 11.9. The first-order valence-corrected chi connectivity index (χ1v) is 11.7. The maximum Gasteiger partial charge on any atom is 0.215 e. The lowest BCUT2D eigenvalue weighted by Crippen LogP contribution is -2.44. The molecule has 12 heteroatoms. The lowest BCUT2D eigenvalue weighted by Gasteiger charge is -2.25. The molecule has 0 saturated carbocycles. The van der Waals surface area contributed by atoms with Crippen LogP contribution in [0.3, 0.4) is 0 Å². The van der Waals surface area contributed by atoms with Crippen LogP contribution in [0.1, 0.15) is 5.69 Å². The molecule has 1 aliphatic rings. The standard InChI is InChI=1S/C14H26N6O2S3.HI/c1-15-13(17-10-12-11-24-14(18-12)19(2)3)16-4-9-25(21,22)20-5-7-23-8-6-20;/h11H,4-10H2,1-3H3,(H2,15,16,17);1H. The molecule has 1 fully saturated rings. The van der Waals surface area contributed by atoms with Crippen molar-refractivity contribution in [3.63, 3.8) is 0 Å². The van der Waals surface area contributed by atoms with Crippen LogP contribution in [-0.2, 0) is 16.6 Å². The molecule has 0 unspecified atom stereocenters. The zero-order valence-corrected chi connectivity index (χ0v) is 20.0. The maximum absolute atomic E-state index is 12.3. The van der Waals surface area contributed by atoms with Crippen LogP contribution < -0.4 is 15.5 Å². The Morgan fingerprint density at radius 1 is 1.35 bits per heavy atom. The Bertz CT molecular complexity index is 674. The number of rotatable bonds is 7. The molecule has 8 nitrogen and oxygen atoms in total. The van der Waals surface area contributed by atoms with Gasteiger partial charge in [0.2, 0.25) is 10.0 Å². The smallest absolute Gasteiger partial charge is 0.215 e. The monoisotopic (exact) mass is 534 g/mol. The normalized spacial score (nSPS) is 16.0. The number of nitrogens with one attached hydrogen (secondary N) is 2. The van der Waals surface area contributed by atoms with E-state index in [4.69, 9.17) is 0 Å². The molecule has 0 atom stereocenters. The largest absolute Gasteiger partial charge is 0.355 e. The molecule has 1 aromatic rings. The summed E-state index contributed by atoms with van der Waals surface area (Å²) in [5, 5.41) is 9.16. The highest BCUT2D eigenvalue weighted by atomic mass is 127. The second-order valence-corrected chi connectivity index (χ2v) is 9.85. The van der Waals surface area contributed by atoms with Gasteiger partial charge in [0, 0.05) is 57.7 Å². The number of sulfonamides is 1. The molecular formula is C14H27IN6O2S3. The molecule has 150 valence electrons. The van der Waals surface area contributed by atoms with Gasteiger partial charge in [-0.05, 0) is 0 Å². The Labute approximate surface area is 181 Å². The van der Waals surface area contributed by atoms with Crippen LogP contribution in [0.15, 0.2) is 10.4 Å². The van der Waals surface area contributed by atoms with Crippen LogP contribution >= 0.6 is 47.1 Å². The van der Waals surface area contributed by atoms with Gasteiger partial charge in [0.05, 0.1) is 18.0 Å². The number of thiazole rings is 1. The van der Waals surface area contributed by atoms with E-state index >= 15 is 0 Å². The Hall–Kier alpha value is -0.310. The SMILES string of the molecule is CN=C(NCCS(=O)(=O)N1CCSCC1)NCc1csc(N(C)C)n1.I. The lowest BCUT2D eigenvalue weighted by molar-refractivity contribution is 0.443. The molecule has 0 aliphatic carbocycles. The van der Waals surface area contributed by atoms with Crippen molar-refractivity contribution >= 4 is 68.2 Å². The number of hydrogen-bond donors (Lipinski definition) is 2. The number of nitrogens with zero attached hydrogens (tertiary/aromatic N) is 4. The van der Waals surface area contributed by atoms with E-state index in [-0.39, 0.29) is 29.7 Å². The highest BCUT2D eigenvalue weighted by Gasteiger charge is 2.23. The molecule has 1 aliphatic heterocycles. The first-order valence-electron chi connectivity index (χ1n) is 8.04.